The average Bonchev–Trinajstić information content (AvgIpc) is 2.55. The Morgan fingerprint density at radius 1 is 1.32 bits per heavy atom. The SMILES string of the molecule is COc1cccc(C(=O)NCC(O)Cn2ccccc2=O)c1. The second-order valence-corrected chi connectivity index (χ2v) is 4.79. The van der Waals surface area contributed by atoms with Crippen LogP contribution in [0.4, 0.5) is 0 Å². The second-order valence-electron chi connectivity index (χ2n) is 4.79. The zero-order valence-corrected chi connectivity index (χ0v) is 12.2. The highest BCUT2D eigenvalue weighted by molar-refractivity contribution is 5.94. The van der Waals surface area contributed by atoms with Gasteiger partial charge in [-0.3, -0.25) is 9.59 Å². The van der Waals surface area contributed by atoms with E-state index in [0.717, 1.165) is 0 Å². The molecule has 0 saturated heterocycles. The van der Waals surface area contributed by atoms with Crippen LogP contribution in [0, 0.1) is 0 Å². The minimum Gasteiger partial charge on any atom is -0.497 e. The van der Waals surface area contributed by atoms with E-state index in [9.17, 15) is 14.7 Å². The van der Waals surface area contributed by atoms with Crippen molar-refractivity contribution in [2.24, 2.45) is 0 Å². The van der Waals surface area contributed by atoms with E-state index in [2.05, 4.69) is 5.32 Å². The van der Waals surface area contributed by atoms with Crippen LogP contribution in [-0.4, -0.2) is 35.3 Å². The van der Waals surface area contributed by atoms with Gasteiger partial charge >= 0.3 is 0 Å². The summed E-state index contributed by atoms with van der Waals surface area (Å²) >= 11 is 0. The van der Waals surface area contributed by atoms with Gasteiger partial charge in [-0.05, 0) is 24.3 Å². The summed E-state index contributed by atoms with van der Waals surface area (Å²) in [5.74, 6) is 0.280. The van der Waals surface area contributed by atoms with Crippen molar-refractivity contribution in [3.63, 3.8) is 0 Å². The number of aliphatic hydroxyl groups is 1. The van der Waals surface area contributed by atoms with Gasteiger partial charge in [0.15, 0.2) is 0 Å². The highest BCUT2D eigenvalue weighted by Gasteiger charge is 2.10. The van der Waals surface area contributed by atoms with E-state index in [1.165, 1.54) is 17.7 Å². The Bertz CT molecular complexity index is 696. The van der Waals surface area contributed by atoms with E-state index in [-0.39, 0.29) is 24.6 Å². The predicted molar refractivity (Wildman–Crippen MR) is 82.0 cm³/mol. The summed E-state index contributed by atoms with van der Waals surface area (Å²) in [5.41, 5.74) is 0.254. The summed E-state index contributed by atoms with van der Waals surface area (Å²) in [4.78, 5) is 23.5. The normalized spacial score (nSPS) is 11.7. The molecule has 1 atom stereocenters. The molecule has 0 spiro atoms. The van der Waals surface area contributed by atoms with Gasteiger partial charge in [-0.2, -0.15) is 0 Å². The molecule has 1 amide bonds. The molecule has 22 heavy (non-hydrogen) atoms. The van der Waals surface area contributed by atoms with Crippen LogP contribution in [0.5, 0.6) is 5.75 Å². The Morgan fingerprint density at radius 2 is 2.14 bits per heavy atom. The number of aromatic nitrogens is 1. The lowest BCUT2D eigenvalue weighted by molar-refractivity contribution is 0.0903. The lowest BCUT2D eigenvalue weighted by atomic mass is 10.2. The topological polar surface area (TPSA) is 80.6 Å². The molecule has 6 heteroatoms. The lowest BCUT2D eigenvalue weighted by Crippen LogP contribution is -2.36. The van der Waals surface area contributed by atoms with Gasteiger partial charge in [-0.15, -0.1) is 0 Å². The number of pyridine rings is 1. The van der Waals surface area contributed by atoms with Crippen molar-refractivity contribution < 1.29 is 14.6 Å². The van der Waals surface area contributed by atoms with Crippen molar-refractivity contribution in [3.8, 4) is 5.75 Å². The smallest absolute Gasteiger partial charge is 0.251 e. The van der Waals surface area contributed by atoms with Gasteiger partial charge < -0.3 is 19.7 Å². The molecular formula is C16H18N2O4. The van der Waals surface area contributed by atoms with Gasteiger partial charge in [0, 0.05) is 24.4 Å². The minimum atomic E-state index is -0.852. The van der Waals surface area contributed by atoms with Crippen molar-refractivity contribution in [2.45, 2.75) is 12.6 Å². The number of amides is 1. The van der Waals surface area contributed by atoms with Crippen molar-refractivity contribution in [3.05, 3.63) is 64.6 Å². The van der Waals surface area contributed by atoms with Crippen LogP contribution in [0.3, 0.4) is 0 Å². The number of aliphatic hydroxyl groups excluding tert-OH is 1. The van der Waals surface area contributed by atoms with Crippen LogP contribution >= 0.6 is 0 Å². The quantitative estimate of drug-likeness (QED) is 0.821. The zero-order chi connectivity index (χ0) is 15.9. The molecule has 0 aliphatic rings. The summed E-state index contributed by atoms with van der Waals surface area (Å²) in [6, 6.07) is 11.5. The first-order valence-corrected chi connectivity index (χ1v) is 6.86. The number of methoxy groups -OCH3 is 1. The number of carbonyl (C=O) groups excluding carboxylic acids is 1. The van der Waals surface area contributed by atoms with Gasteiger partial charge in [0.1, 0.15) is 5.75 Å². The number of benzene rings is 1. The molecule has 1 heterocycles. The average molecular weight is 302 g/mol. The molecule has 1 aromatic heterocycles. The molecule has 6 nitrogen and oxygen atoms in total. The van der Waals surface area contributed by atoms with E-state index in [0.29, 0.717) is 11.3 Å². The Labute approximate surface area is 128 Å². The predicted octanol–water partition coefficient (Wildman–Crippen LogP) is 0.648. The number of nitrogens with zero attached hydrogens (tertiary/aromatic N) is 1. The molecule has 0 fully saturated rings. The molecule has 2 rings (SSSR count). The highest BCUT2D eigenvalue weighted by atomic mass is 16.5. The molecule has 0 aliphatic heterocycles. The highest BCUT2D eigenvalue weighted by Crippen LogP contribution is 2.12. The van der Waals surface area contributed by atoms with E-state index in [4.69, 9.17) is 4.74 Å². The summed E-state index contributed by atoms with van der Waals surface area (Å²) < 4.78 is 6.45. The number of hydrogen-bond donors (Lipinski definition) is 2. The van der Waals surface area contributed by atoms with E-state index in [1.54, 1.807) is 42.6 Å². The molecule has 2 N–H and O–H groups in total. The number of carbonyl (C=O) groups is 1. The third kappa shape index (κ3) is 4.20. The van der Waals surface area contributed by atoms with Gasteiger partial charge in [0.05, 0.1) is 19.8 Å². The van der Waals surface area contributed by atoms with Crippen LogP contribution in [0.1, 0.15) is 10.4 Å². The van der Waals surface area contributed by atoms with E-state index >= 15 is 0 Å². The number of rotatable bonds is 6. The standard InChI is InChI=1S/C16H18N2O4/c1-22-14-6-4-5-12(9-14)16(21)17-10-13(19)11-18-8-3-2-7-15(18)20/h2-9,13,19H,10-11H2,1H3,(H,17,21). The Balaban J connectivity index is 1.90. The lowest BCUT2D eigenvalue weighted by Gasteiger charge is -2.13. The molecule has 1 aromatic carbocycles. The minimum absolute atomic E-state index is 0.0530. The number of ether oxygens (including phenoxy) is 1. The van der Waals surface area contributed by atoms with Gasteiger partial charge in [0.2, 0.25) is 0 Å². The molecule has 0 radical (unpaired) electrons. The first-order valence-electron chi connectivity index (χ1n) is 6.86. The van der Waals surface area contributed by atoms with Crippen molar-refractivity contribution in [1.29, 1.82) is 0 Å². The molecule has 116 valence electrons. The first-order chi connectivity index (χ1) is 10.6. The molecule has 0 bridgehead atoms. The van der Waals surface area contributed by atoms with Crippen LogP contribution in [-0.2, 0) is 6.54 Å². The second kappa shape index (κ2) is 7.42. The van der Waals surface area contributed by atoms with Crippen LogP contribution in [0.25, 0.3) is 0 Å². The molecule has 2 aromatic rings. The maximum absolute atomic E-state index is 12.0. The third-order valence-electron chi connectivity index (χ3n) is 3.14. The maximum atomic E-state index is 12.0. The summed E-state index contributed by atoms with van der Waals surface area (Å²) in [7, 11) is 1.53. The summed E-state index contributed by atoms with van der Waals surface area (Å²) in [6.45, 7) is 0.176. The van der Waals surface area contributed by atoms with Gasteiger partial charge in [-0.25, -0.2) is 0 Å². The van der Waals surface area contributed by atoms with Gasteiger partial charge in [-0.1, -0.05) is 12.1 Å². The molecular weight excluding hydrogens is 284 g/mol. The maximum Gasteiger partial charge on any atom is 0.251 e. The fraction of sp³-hybridized carbons (Fsp3) is 0.250. The van der Waals surface area contributed by atoms with Crippen LogP contribution in [0.15, 0.2) is 53.5 Å². The van der Waals surface area contributed by atoms with Gasteiger partial charge in [0.25, 0.3) is 11.5 Å². The monoisotopic (exact) mass is 302 g/mol. The molecule has 0 aliphatic carbocycles. The Hall–Kier alpha value is -2.60. The van der Waals surface area contributed by atoms with Crippen molar-refractivity contribution in [2.75, 3.05) is 13.7 Å². The molecule has 0 saturated carbocycles. The number of nitrogens with one attached hydrogen (secondary N) is 1. The van der Waals surface area contributed by atoms with Crippen LogP contribution in [0.2, 0.25) is 0 Å². The first kappa shape index (κ1) is 15.8. The third-order valence-corrected chi connectivity index (χ3v) is 3.14. The van der Waals surface area contributed by atoms with Crippen LogP contribution < -0.4 is 15.6 Å². The molecule has 1 unspecified atom stereocenters. The fourth-order valence-electron chi connectivity index (χ4n) is 1.98. The fourth-order valence-corrected chi connectivity index (χ4v) is 1.98. The van der Waals surface area contributed by atoms with E-state index in [1.807, 2.05) is 0 Å². The largest absolute Gasteiger partial charge is 0.497 e. The van der Waals surface area contributed by atoms with Crippen molar-refractivity contribution in [1.82, 2.24) is 9.88 Å². The summed E-state index contributed by atoms with van der Waals surface area (Å²) in [6.07, 6.45) is 0.741. The Morgan fingerprint density at radius 3 is 2.86 bits per heavy atom. The Kier molecular flexibility index (Phi) is 5.32. The van der Waals surface area contributed by atoms with Crippen molar-refractivity contribution >= 4 is 5.91 Å². The number of hydrogen-bond acceptors (Lipinski definition) is 4. The van der Waals surface area contributed by atoms with E-state index < -0.39 is 6.10 Å². The zero-order valence-electron chi connectivity index (χ0n) is 12.2. The summed E-state index contributed by atoms with van der Waals surface area (Å²) in [5, 5.41) is 12.6.